The summed E-state index contributed by atoms with van der Waals surface area (Å²) < 4.78 is 4.78. The standard InChI is InChI=1S/C8H12N2O/c1-8(2,3)10-4-7-5-11-6-9-7/h4-6H,1-3H3/b10-4-. The van der Waals surface area contributed by atoms with Crippen LogP contribution in [0.1, 0.15) is 26.5 Å². The van der Waals surface area contributed by atoms with Gasteiger partial charge in [0.05, 0.1) is 11.8 Å². The zero-order chi connectivity index (χ0) is 8.32. The molecule has 0 fully saturated rings. The quantitative estimate of drug-likeness (QED) is 0.576. The van der Waals surface area contributed by atoms with Gasteiger partial charge in [0, 0.05) is 0 Å². The van der Waals surface area contributed by atoms with E-state index in [-0.39, 0.29) is 5.54 Å². The summed E-state index contributed by atoms with van der Waals surface area (Å²) in [5.74, 6) is 0. The van der Waals surface area contributed by atoms with Gasteiger partial charge in [0.2, 0.25) is 0 Å². The van der Waals surface area contributed by atoms with E-state index in [0.29, 0.717) is 0 Å². The lowest BCUT2D eigenvalue weighted by Crippen LogP contribution is -2.09. The molecule has 0 aliphatic rings. The van der Waals surface area contributed by atoms with Gasteiger partial charge in [-0.25, -0.2) is 4.98 Å². The molecule has 0 aliphatic heterocycles. The summed E-state index contributed by atoms with van der Waals surface area (Å²) in [7, 11) is 0. The predicted octanol–water partition coefficient (Wildman–Crippen LogP) is 1.89. The number of rotatable bonds is 1. The molecule has 0 spiro atoms. The molecule has 11 heavy (non-hydrogen) atoms. The molecule has 0 aliphatic carbocycles. The van der Waals surface area contributed by atoms with E-state index in [4.69, 9.17) is 4.42 Å². The first kappa shape index (κ1) is 7.98. The summed E-state index contributed by atoms with van der Waals surface area (Å²) >= 11 is 0. The van der Waals surface area contributed by atoms with Gasteiger partial charge in [-0.2, -0.15) is 0 Å². The maximum absolute atomic E-state index is 4.78. The summed E-state index contributed by atoms with van der Waals surface area (Å²) in [6.07, 6.45) is 4.67. The average Bonchev–Trinajstić information content (AvgIpc) is 2.32. The molecule has 0 amide bonds. The van der Waals surface area contributed by atoms with Crippen molar-refractivity contribution in [2.24, 2.45) is 4.99 Å². The van der Waals surface area contributed by atoms with Gasteiger partial charge < -0.3 is 4.42 Å². The molecule has 0 aromatic carbocycles. The number of oxazole rings is 1. The first-order chi connectivity index (χ1) is 5.08. The Morgan fingerprint density at radius 3 is 2.73 bits per heavy atom. The lowest BCUT2D eigenvalue weighted by molar-refractivity contribution is 0.557. The topological polar surface area (TPSA) is 38.4 Å². The molecule has 1 heterocycles. The second-order valence-corrected chi connectivity index (χ2v) is 3.34. The number of aliphatic imine (C=N–C) groups is 1. The summed E-state index contributed by atoms with van der Waals surface area (Å²) in [5.41, 5.74) is 0.721. The lowest BCUT2D eigenvalue weighted by Gasteiger charge is -2.09. The highest BCUT2D eigenvalue weighted by molar-refractivity contribution is 5.76. The van der Waals surface area contributed by atoms with Crippen LogP contribution in [0.5, 0.6) is 0 Å². The van der Waals surface area contributed by atoms with E-state index in [9.17, 15) is 0 Å². The van der Waals surface area contributed by atoms with Crippen LogP contribution >= 0.6 is 0 Å². The lowest BCUT2D eigenvalue weighted by atomic mass is 10.1. The smallest absolute Gasteiger partial charge is 0.181 e. The van der Waals surface area contributed by atoms with Crippen molar-refractivity contribution in [2.45, 2.75) is 26.3 Å². The highest BCUT2D eigenvalue weighted by Gasteiger charge is 2.04. The van der Waals surface area contributed by atoms with Crippen LogP contribution < -0.4 is 0 Å². The van der Waals surface area contributed by atoms with Crippen LogP contribution in [0.15, 0.2) is 22.1 Å². The average molecular weight is 152 g/mol. The maximum atomic E-state index is 4.78. The normalized spacial score (nSPS) is 12.6. The third-order valence-electron chi connectivity index (χ3n) is 1.04. The van der Waals surface area contributed by atoms with Gasteiger partial charge in [0.25, 0.3) is 0 Å². The molecule has 1 aromatic rings. The molecule has 0 radical (unpaired) electrons. The number of hydrogen-bond acceptors (Lipinski definition) is 3. The Balaban J connectivity index is 2.63. The number of aromatic nitrogens is 1. The Kier molecular flexibility index (Phi) is 2.08. The van der Waals surface area contributed by atoms with E-state index in [1.54, 1.807) is 12.5 Å². The van der Waals surface area contributed by atoms with E-state index < -0.39 is 0 Å². The van der Waals surface area contributed by atoms with Crippen molar-refractivity contribution in [1.29, 1.82) is 0 Å². The van der Waals surface area contributed by atoms with Crippen molar-refractivity contribution in [3.63, 3.8) is 0 Å². The van der Waals surface area contributed by atoms with Crippen molar-refractivity contribution >= 4 is 6.21 Å². The highest BCUT2D eigenvalue weighted by atomic mass is 16.3. The fraction of sp³-hybridized carbons (Fsp3) is 0.500. The van der Waals surface area contributed by atoms with Crippen molar-refractivity contribution in [3.05, 3.63) is 18.4 Å². The minimum Gasteiger partial charge on any atom is -0.451 e. The summed E-state index contributed by atoms with van der Waals surface area (Å²) in [4.78, 5) is 8.15. The third-order valence-corrected chi connectivity index (χ3v) is 1.04. The van der Waals surface area contributed by atoms with Crippen LogP contribution in [-0.2, 0) is 0 Å². The van der Waals surface area contributed by atoms with E-state index in [2.05, 4.69) is 9.98 Å². The molecule has 0 unspecified atom stereocenters. The van der Waals surface area contributed by atoms with Crippen molar-refractivity contribution in [1.82, 2.24) is 4.98 Å². The fourth-order valence-corrected chi connectivity index (χ4v) is 0.545. The molecule has 1 aromatic heterocycles. The molecule has 0 saturated carbocycles. The third kappa shape index (κ3) is 2.98. The van der Waals surface area contributed by atoms with Gasteiger partial charge in [0.1, 0.15) is 12.0 Å². The van der Waals surface area contributed by atoms with Gasteiger partial charge in [-0.15, -0.1) is 0 Å². The van der Waals surface area contributed by atoms with Gasteiger partial charge in [0.15, 0.2) is 6.39 Å². The second kappa shape index (κ2) is 2.86. The predicted molar refractivity (Wildman–Crippen MR) is 43.9 cm³/mol. The van der Waals surface area contributed by atoms with E-state index in [1.807, 2.05) is 20.8 Å². The Hall–Kier alpha value is -1.12. The maximum Gasteiger partial charge on any atom is 0.181 e. The minimum absolute atomic E-state index is 0.0427. The van der Waals surface area contributed by atoms with Gasteiger partial charge >= 0.3 is 0 Å². The van der Waals surface area contributed by atoms with E-state index in [1.165, 1.54) is 6.39 Å². The van der Waals surface area contributed by atoms with Crippen LogP contribution in [0.2, 0.25) is 0 Å². The molecule has 0 N–H and O–H groups in total. The van der Waals surface area contributed by atoms with Crippen LogP contribution in [0.3, 0.4) is 0 Å². The van der Waals surface area contributed by atoms with E-state index >= 15 is 0 Å². The van der Waals surface area contributed by atoms with Crippen LogP contribution in [-0.4, -0.2) is 16.7 Å². The molecule has 0 bridgehead atoms. The molecule has 3 heteroatoms. The largest absolute Gasteiger partial charge is 0.451 e. The minimum atomic E-state index is -0.0427. The summed E-state index contributed by atoms with van der Waals surface area (Å²) in [5, 5.41) is 0. The molecule has 1 rings (SSSR count). The first-order valence-electron chi connectivity index (χ1n) is 3.51. The van der Waals surface area contributed by atoms with Crippen molar-refractivity contribution in [2.75, 3.05) is 0 Å². The summed E-state index contributed by atoms with van der Waals surface area (Å²) in [6, 6.07) is 0. The van der Waals surface area contributed by atoms with Crippen LogP contribution in [0.4, 0.5) is 0 Å². The van der Waals surface area contributed by atoms with Crippen LogP contribution in [0, 0.1) is 0 Å². The first-order valence-corrected chi connectivity index (χ1v) is 3.51. The molecule has 0 saturated heterocycles. The van der Waals surface area contributed by atoms with Gasteiger partial charge in [-0.05, 0) is 20.8 Å². The molecule has 0 atom stereocenters. The second-order valence-electron chi connectivity index (χ2n) is 3.34. The monoisotopic (exact) mass is 152 g/mol. The highest BCUT2D eigenvalue weighted by Crippen LogP contribution is 2.05. The Morgan fingerprint density at radius 2 is 2.27 bits per heavy atom. The zero-order valence-corrected chi connectivity index (χ0v) is 7.03. The number of nitrogens with zero attached hydrogens (tertiary/aromatic N) is 2. The van der Waals surface area contributed by atoms with Crippen LogP contribution in [0.25, 0.3) is 0 Å². The Morgan fingerprint density at radius 1 is 1.55 bits per heavy atom. The summed E-state index contributed by atoms with van der Waals surface area (Å²) in [6.45, 7) is 6.09. The van der Waals surface area contributed by atoms with Gasteiger partial charge in [-0.3, -0.25) is 4.99 Å². The molecular weight excluding hydrogens is 140 g/mol. The SMILES string of the molecule is CC(C)(C)/N=C\c1cocn1. The molecule has 60 valence electrons. The van der Waals surface area contributed by atoms with Crippen molar-refractivity contribution in [3.8, 4) is 0 Å². The number of hydrogen-bond donors (Lipinski definition) is 0. The molecule has 3 nitrogen and oxygen atoms in total. The van der Waals surface area contributed by atoms with E-state index in [0.717, 1.165) is 5.69 Å². The van der Waals surface area contributed by atoms with Gasteiger partial charge in [-0.1, -0.05) is 0 Å². The Labute approximate surface area is 66.2 Å². The molecular formula is C8H12N2O. The fourth-order valence-electron chi connectivity index (χ4n) is 0.545. The zero-order valence-electron chi connectivity index (χ0n) is 7.03. The van der Waals surface area contributed by atoms with Crippen molar-refractivity contribution < 1.29 is 4.42 Å². The Bertz CT molecular complexity index is 231.